The van der Waals surface area contributed by atoms with E-state index in [0.717, 1.165) is 33.9 Å². The maximum absolute atomic E-state index is 2.45. The minimum Gasteiger partial charge on any atom is -0.310 e. The van der Waals surface area contributed by atoms with Crippen molar-refractivity contribution in [2.45, 2.75) is 0 Å². The second-order valence-electron chi connectivity index (χ2n) is 16.5. The molecule has 0 saturated carbocycles. The van der Waals surface area contributed by atoms with Gasteiger partial charge in [0.1, 0.15) is 0 Å². The summed E-state index contributed by atoms with van der Waals surface area (Å²) in [6.45, 7) is 0. The van der Waals surface area contributed by atoms with E-state index in [1.807, 2.05) is 0 Å². The zero-order chi connectivity index (χ0) is 42.4. The third-order valence-electron chi connectivity index (χ3n) is 12.8. The fourth-order valence-electron chi connectivity index (χ4n) is 9.80. The number of rotatable bonds is 8. The maximum Gasteiger partial charge on any atom is 0.0546 e. The zero-order valence-corrected chi connectivity index (χ0v) is 35.1. The molecule has 0 fully saturated rings. The molecule has 12 rings (SSSR count). The average Bonchev–Trinajstić information content (AvgIpc) is 3.71. The van der Waals surface area contributed by atoms with Crippen LogP contribution in [-0.4, -0.2) is 4.57 Å². The second-order valence-corrected chi connectivity index (χ2v) is 16.5. The molecule has 64 heavy (non-hydrogen) atoms. The van der Waals surface area contributed by atoms with Gasteiger partial charge in [-0.2, -0.15) is 0 Å². The minimum atomic E-state index is 1.07. The summed E-state index contributed by atoms with van der Waals surface area (Å²) in [5, 5.41) is 7.41. The highest BCUT2D eigenvalue weighted by Gasteiger charge is 2.22. The van der Waals surface area contributed by atoms with Gasteiger partial charge in [-0.25, -0.2) is 0 Å². The first kappa shape index (κ1) is 37.3. The highest BCUT2D eigenvalue weighted by molar-refractivity contribution is 6.10. The Bertz CT molecular complexity index is 3590. The fourth-order valence-corrected chi connectivity index (χ4v) is 9.80. The Morgan fingerprint density at radius 1 is 0.266 bits per heavy atom. The lowest BCUT2D eigenvalue weighted by Gasteiger charge is -2.29. The van der Waals surface area contributed by atoms with Crippen LogP contribution < -0.4 is 4.90 Å². The van der Waals surface area contributed by atoms with E-state index in [-0.39, 0.29) is 0 Å². The fraction of sp³-hybridized carbons (Fsp3) is 0. The molecule has 0 saturated heterocycles. The molecule has 0 bridgehead atoms. The summed E-state index contributed by atoms with van der Waals surface area (Å²) in [7, 11) is 0. The first-order chi connectivity index (χ1) is 31.8. The third-order valence-corrected chi connectivity index (χ3v) is 12.8. The summed E-state index contributed by atoms with van der Waals surface area (Å²) in [5.74, 6) is 0. The van der Waals surface area contributed by atoms with Crippen molar-refractivity contribution >= 4 is 60.4 Å². The number of nitrogens with zero attached hydrogens (tertiary/aromatic N) is 2. The van der Waals surface area contributed by atoms with Gasteiger partial charge in [0.05, 0.1) is 22.4 Å². The molecule has 1 heterocycles. The number of fused-ring (bicyclic) bond motifs is 5. The molecule has 0 unspecified atom stereocenters. The number of benzene rings is 11. The molecule has 0 N–H and O–H groups in total. The number of anilines is 3. The molecule has 0 amide bonds. The summed E-state index contributed by atoms with van der Waals surface area (Å²) in [6, 6.07) is 92.8. The normalized spacial score (nSPS) is 11.4. The van der Waals surface area contributed by atoms with Crippen molar-refractivity contribution < 1.29 is 0 Å². The summed E-state index contributed by atoms with van der Waals surface area (Å²) in [6.07, 6.45) is 0. The van der Waals surface area contributed by atoms with E-state index in [1.54, 1.807) is 0 Å². The molecule has 0 atom stereocenters. The van der Waals surface area contributed by atoms with Crippen LogP contribution in [0.3, 0.4) is 0 Å². The van der Waals surface area contributed by atoms with Crippen molar-refractivity contribution in [2.75, 3.05) is 4.90 Å². The number of aromatic nitrogens is 1. The Balaban J connectivity index is 1.07. The molecule has 0 aliphatic heterocycles. The summed E-state index contributed by atoms with van der Waals surface area (Å²) >= 11 is 0. The SMILES string of the molecule is c1ccc(-c2ccc(N(c3ccc(-c4ccccc4-n4c5ccccc5c5ccccc54)cc3)c3cc(-c4cccc5ccccc45)ccc3-c3cccc4ccccc34)cc2)cc1. The van der Waals surface area contributed by atoms with E-state index in [1.165, 1.54) is 76.7 Å². The van der Waals surface area contributed by atoms with Crippen molar-refractivity contribution in [1.29, 1.82) is 0 Å². The van der Waals surface area contributed by atoms with Crippen molar-refractivity contribution in [3.05, 3.63) is 255 Å². The highest BCUT2D eigenvalue weighted by Crippen LogP contribution is 2.46. The van der Waals surface area contributed by atoms with Gasteiger partial charge >= 0.3 is 0 Å². The van der Waals surface area contributed by atoms with Crippen LogP contribution in [0.5, 0.6) is 0 Å². The van der Waals surface area contributed by atoms with Crippen LogP contribution in [0.4, 0.5) is 17.1 Å². The lowest BCUT2D eigenvalue weighted by Crippen LogP contribution is -2.11. The summed E-state index contributed by atoms with van der Waals surface area (Å²) < 4.78 is 2.42. The zero-order valence-electron chi connectivity index (χ0n) is 35.1. The largest absolute Gasteiger partial charge is 0.310 e. The maximum atomic E-state index is 2.45. The Morgan fingerprint density at radius 3 is 1.38 bits per heavy atom. The van der Waals surface area contributed by atoms with E-state index in [9.17, 15) is 0 Å². The van der Waals surface area contributed by atoms with E-state index >= 15 is 0 Å². The van der Waals surface area contributed by atoms with Gasteiger partial charge in [0.25, 0.3) is 0 Å². The highest BCUT2D eigenvalue weighted by atomic mass is 15.1. The predicted molar refractivity (Wildman–Crippen MR) is 272 cm³/mol. The lowest BCUT2D eigenvalue weighted by atomic mass is 9.92. The number of hydrogen-bond acceptors (Lipinski definition) is 1. The van der Waals surface area contributed by atoms with Crippen LogP contribution in [0, 0.1) is 0 Å². The van der Waals surface area contributed by atoms with Crippen molar-refractivity contribution in [2.24, 2.45) is 0 Å². The van der Waals surface area contributed by atoms with Crippen molar-refractivity contribution in [3.8, 4) is 50.2 Å². The molecule has 11 aromatic carbocycles. The molecule has 300 valence electrons. The van der Waals surface area contributed by atoms with E-state index in [2.05, 4.69) is 264 Å². The van der Waals surface area contributed by atoms with Gasteiger partial charge in [0.15, 0.2) is 0 Å². The molecule has 0 aliphatic rings. The average molecular weight is 815 g/mol. The van der Waals surface area contributed by atoms with Gasteiger partial charge in [-0.1, -0.05) is 206 Å². The smallest absolute Gasteiger partial charge is 0.0546 e. The van der Waals surface area contributed by atoms with Crippen LogP contribution in [0.25, 0.3) is 93.5 Å². The lowest BCUT2D eigenvalue weighted by molar-refractivity contribution is 1.18. The third kappa shape index (κ3) is 6.44. The molecule has 2 nitrogen and oxygen atoms in total. The molecule has 0 spiro atoms. The van der Waals surface area contributed by atoms with Gasteiger partial charge < -0.3 is 9.47 Å². The predicted octanol–water partition coefficient (Wildman–Crippen LogP) is 17.2. The number of para-hydroxylation sites is 3. The Kier molecular flexibility index (Phi) is 9.20. The van der Waals surface area contributed by atoms with Crippen molar-refractivity contribution in [3.63, 3.8) is 0 Å². The second kappa shape index (κ2) is 15.8. The van der Waals surface area contributed by atoms with Gasteiger partial charge in [-0.05, 0) is 103 Å². The standard InChI is InChI=1S/C62H42N2/c1-2-16-43(17-3-1)44-32-37-49(38-33-44)63(50-39-34-47(35-40-50)54-24-8-11-29-59(54)64-60-30-12-9-25-56(60)57-26-10-13-31-61(57)64)62-42-48(53-27-14-20-45-18-4-6-22-51(45)53)36-41-58(62)55-28-15-21-46-19-5-7-23-52(46)55/h1-42H. The molecule has 12 aromatic rings. The van der Waals surface area contributed by atoms with E-state index < -0.39 is 0 Å². The monoisotopic (exact) mass is 814 g/mol. The first-order valence-corrected chi connectivity index (χ1v) is 22.0. The Morgan fingerprint density at radius 2 is 0.719 bits per heavy atom. The molecule has 1 aromatic heterocycles. The van der Waals surface area contributed by atoms with E-state index in [4.69, 9.17) is 0 Å². The van der Waals surface area contributed by atoms with Crippen molar-refractivity contribution in [1.82, 2.24) is 4.57 Å². The first-order valence-electron chi connectivity index (χ1n) is 22.0. The van der Waals surface area contributed by atoms with Crippen LogP contribution in [0.15, 0.2) is 255 Å². The van der Waals surface area contributed by atoms with Crippen LogP contribution in [-0.2, 0) is 0 Å². The van der Waals surface area contributed by atoms with Crippen LogP contribution in [0.1, 0.15) is 0 Å². The van der Waals surface area contributed by atoms with E-state index in [0.29, 0.717) is 0 Å². The summed E-state index contributed by atoms with van der Waals surface area (Å²) in [5.41, 5.74) is 16.2. The molecule has 0 aliphatic carbocycles. The summed E-state index contributed by atoms with van der Waals surface area (Å²) in [4.78, 5) is 2.45. The topological polar surface area (TPSA) is 8.17 Å². The van der Waals surface area contributed by atoms with Gasteiger partial charge in [0, 0.05) is 33.3 Å². The quantitative estimate of drug-likeness (QED) is 0.148. The van der Waals surface area contributed by atoms with Crippen LogP contribution >= 0.6 is 0 Å². The van der Waals surface area contributed by atoms with Gasteiger partial charge in [-0.3, -0.25) is 0 Å². The van der Waals surface area contributed by atoms with Gasteiger partial charge in [-0.15, -0.1) is 0 Å². The molecular formula is C62H42N2. The molecule has 2 heteroatoms. The minimum absolute atomic E-state index is 1.07. The number of hydrogen-bond donors (Lipinski definition) is 0. The Hall–Kier alpha value is -8.46. The molecule has 0 radical (unpaired) electrons. The molecular weight excluding hydrogens is 773 g/mol. The van der Waals surface area contributed by atoms with Gasteiger partial charge in [0.2, 0.25) is 0 Å². The van der Waals surface area contributed by atoms with Crippen LogP contribution in [0.2, 0.25) is 0 Å². The Labute approximate surface area is 373 Å².